The van der Waals surface area contributed by atoms with Crippen molar-refractivity contribution in [3.05, 3.63) is 54.6 Å². The number of carbonyl (C=O) groups is 1. The Morgan fingerprint density at radius 3 is 2.51 bits per heavy atom. The lowest BCUT2D eigenvalue weighted by molar-refractivity contribution is -0.121. The maximum absolute atomic E-state index is 12.2. The number of ether oxygens (including phenoxy) is 1. The van der Waals surface area contributed by atoms with Gasteiger partial charge in [-0.15, -0.1) is 10.2 Å². The van der Waals surface area contributed by atoms with E-state index in [1.807, 2.05) is 54.6 Å². The average Bonchev–Trinajstić information content (AvgIpc) is 3.33. The summed E-state index contributed by atoms with van der Waals surface area (Å²) in [6.45, 7) is 4.05. The Morgan fingerprint density at radius 2 is 1.77 bits per heavy atom. The Bertz CT molecular complexity index is 1050. The van der Waals surface area contributed by atoms with Crippen molar-refractivity contribution in [1.82, 2.24) is 25.0 Å². The van der Waals surface area contributed by atoms with Gasteiger partial charge in [-0.05, 0) is 63.0 Å². The standard InChI is InChI=1S/C27H35N5O2S/c1-34-24-15-13-23(14-16-24)32-26(22-10-4-2-5-11-22)29-30-27(32)35-21-9-6-12-25(33)28-17-20-31-18-7-3-8-19-31/h2,4-5,10-11,13-16H,3,6-9,12,17-21H2,1H3,(H,28,33). The Hall–Kier alpha value is -2.84. The zero-order chi connectivity index (χ0) is 24.3. The van der Waals surface area contributed by atoms with Crippen LogP contribution in [0.1, 0.15) is 38.5 Å². The van der Waals surface area contributed by atoms with Crippen LogP contribution in [0.4, 0.5) is 0 Å². The van der Waals surface area contributed by atoms with E-state index in [1.165, 1.54) is 32.4 Å². The largest absolute Gasteiger partial charge is 0.497 e. The minimum absolute atomic E-state index is 0.153. The van der Waals surface area contributed by atoms with Crippen LogP contribution >= 0.6 is 11.8 Å². The van der Waals surface area contributed by atoms with Gasteiger partial charge in [0.1, 0.15) is 5.75 Å². The highest BCUT2D eigenvalue weighted by molar-refractivity contribution is 7.99. The summed E-state index contributed by atoms with van der Waals surface area (Å²) in [4.78, 5) is 14.6. The number of benzene rings is 2. The third-order valence-corrected chi connectivity index (χ3v) is 7.24. The molecular weight excluding hydrogens is 458 g/mol. The van der Waals surface area contributed by atoms with Gasteiger partial charge in [0.05, 0.1) is 7.11 Å². The number of likely N-dealkylation sites (tertiary alicyclic amines) is 1. The minimum Gasteiger partial charge on any atom is -0.497 e. The summed E-state index contributed by atoms with van der Waals surface area (Å²) in [6, 6.07) is 18.0. The number of thioether (sulfide) groups is 1. The second-order valence-electron chi connectivity index (χ2n) is 8.76. The number of piperidine rings is 1. The van der Waals surface area contributed by atoms with Gasteiger partial charge >= 0.3 is 0 Å². The van der Waals surface area contributed by atoms with Crippen molar-refractivity contribution in [1.29, 1.82) is 0 Å². The second kappa shape index (κ2) is 13.3. The molecule has 0 spiro atoms. The molecule has 0 atom stereocenters. The molecule has 0 saturated carbocycles. The molecule has 186 valence electrons. The molecule has 1 aliphatic heterocycles. The number of aromatic nitrogens is 3. The van der Waals surface area contributed by atoms with Crippen LogP contribution in [0.25, 0.3) is 17.1 Å². The first-order chi connectivity index (χ1) is 17.2. The SMILES string of the molecule is COc1ccc(-n2c(SCCCCC(=O)NCCN3CCCCC3)nnc2-c2ccccc2)cc1. The first-order valence-corrected chi connectivity index (χ1v) is 13.5. The van der Waals surface area contributed by atoms with Gasteiger partial charge in [-0.3, -0.25) is 9.36 Å². The Balaban J connectivity index is 1.28. The third kappa shape index (κ3) is 7.32. The summed E-state index contributed by atoms with van der Waals surface area (Å²) in [5.74, 6) is 2.65. The van der Waals surface area contributed by atoms with E-state index in [-0.39, 0.29) is 5.91 Å². The average molecular weight is 494 g/mol. The predicted molar refractivity (Wildman–Crippen MR) is 141 cm³/mol. The Morgan fingerprint density at radius 1 is 1.00 bits per heavy atom. The molecule has 0 unspecified atom stereocenters. The van der Waals surface area contributed by atoms with Gasteiger partial charge in [0, 0.05) is 36.5 Å². The van der Waals surface area contributed by atoms with Crippen molar-refractivity contribution in [3.8, 4) is 22.8 Å². The van der Waals surface area contributed by atoms with E-state index in [1.54, 1.807) is 18.9 Å². The van der Waals surface area contributed by atoms with Crippen LogP contribution in [0, 0.1) is 0 Å². The van der Waals surface area contributed by atoms with Crippen LogP contribution in [0.3, 0.4) is 0 Å². The number of methoxy groups -OCH3 is 1. The van der Waals surface area contributed by atoms with E-state index in [2.05, 4.69) is 25.0 Å². The molecule has 1 aliphatic rings. The van der Waals surface area contributed by atoms with Crippen LogP contribution < -0.4 is 10.1 Å². The molecule has 8 heteroatoms. The van der Waals surface area contributed by atoms with Gasteiger partial charge in [0.2, 0.25) is 5.91 Å². The molecule has 1 aromatic heterocycles. The fourth-order valence-corrected chi connectivity index (χ4v) is 5.23. The molecule has 7 nitrogen and oxygen atoms in total. The first-order valence-electron chi connectivity index (χ1n) is 12.5. The highest BCUT2D eigenvalue weighted by atomic mass is 32.2. The Labute approximate surface area is 212 Å². The van der Waals surface area contributed by atoms with E-state index in [0.29, 0.717) is 6.42 Å². The number of nitrogens with one attached hydrogen (secondary N) is 1. The molecular formula is C27H35N5O2S. The minimum atomic E-state index is 0.153. The smallest absolute Gasteiger partial charge is 0.220 e. The van der Waals surface area contributed by atoms with Crippen LogP contribution in [0.2, 0.25) is 0 Å². The summed E-state index contributed by atoms with van der Waals surface area (Å²) < 4.78 is 7.41. The lowest BCUT2D eigenvalue weighted by Crippen LogP contribution is -2.37. The highest BCUT2D eigenvalue weighted by Gasteiger charge is 2.16. The number of hydrogen-bond acceptors (Lipinski definition) is 6. The van der Waals surface area contributed by atoms with E-state index < -0.39 is 0 Å². The van der Waals surface area contributed by atoms with Crippen molar-refractivity contribution in [2.75, 3.05) is 39.0 Å². The fourth-order valence-electron chi connectivity index (χ4n) is 4.28. The predicted octanol–water partition coefficient (Wildman–Crippen LogP) is 4.81. The molecule has 2 heterocycles. The van der Waals surface area contributed by atoms with Crippen LogP contribution in [-0.4, -0.2) is 64.6 Å². The molecule has 3 aromatic rings. The van der Waals surface area contributed by atoms with E-state index in [4.69, 9.17) is 4.74 Å². The number of rotatable bonds is 12. The molecule has 1 N–H and O–H groups in total. The van der Waals surface area contributed by atoms with Crippen LogP contribution in [0.5, 0.6) is 5.75 Å². The van der Waals surface area contributed by atoms with Crippen LogP contribution in [0.15, 0.2) is 59.8 Å². The summed E-state index contributed by atoms with van der Waals surface area (Å²) in [5.41, 5.74) is 2.01. The maximum Gasteiger partial charge on any atom is 0.220 e. The van der Waals surface area contributed by atoms with E-state index in [9.17, 15) is 4.79 Å². The fraction of sp³-hybridized carbons (Fsp3) is 0.444. The molecule has 1 amide bonds. The van der Waals surface area contributed by atoms with E-state index in [0.717, 1.165) is 59.7 Å². The zero-order valence-electron chi connectivity index (χ0n) is 20.5. The molecule has 0 bridgehead atoms. The summed E-state index contributed by atoms with van der Waals surface area (Å²) >= 11 is 1.68. The molecule has 0 aliphatic carbocycles. The number of nitrogens with zero attached hydrogens (tertiary/aromatic N) is 4. The third-order valence-electron chi connectivity index (χ3n) is 6.22. The highest BCUT2D eigenvalue weighted by Crippen LogP contribution is 2.29. The number of carbonyl (C=O) groups excluding carboxylic acids is 1. The van der Waals surface area contributed by atoms with Gasteiger partial charge in [-0.25, -0.2) is 0 Å². The van der Waals surface area contributed by atoms with Gasteiger partial charge in [0.25, 0.3) is 0 Å². The molecule has 1 saturated heterocycles. The Kier molecular flexibility index (Phi) is 9.60. The zero-order valence-corrected chi connectivity index (χ0v) is 21.3. The lowest BCUT2D eigenvalue weighted by Gasteiger charge is -2.26. The number of unbranched alkanes of at least 4 members (excludes halogenated alkanes) is 1. The maximum atomic E-state index is 12.2. The molecule has 4 rings (SSSR count). The molecule has 2 aromatic carbocycles. The summed E-state index contributed by atoms with van der Waals surface area (Å²) in [7, 11) is 1.67. The number of amides is 1. The van der Waals surface area contributed by atoms with Gasteiger partial charge in [-0.2, -0.15) is 0 Å². The van der Waals surface area contributed by atoms with Gasteiger partial charge < -0.3 is 15.0 Å². The molecule has 0 radical (unpaired) electrons. The monoisotopic (exact) mass is 493 g/mol. The normalized spacial score (nSPS) is 14.1. The second-order valence-corrected chi connectivity index (χ2v) is 9.83. The molecule has 35 heavy (non-hydrogen) atoms. The van der Waals surface area contributed by atoms with Crippen LogP contribution in [-0.2, 0) is 4.79 Å². The van der Waals surface area contributed by atoms with Gasteiger partial charge in [-0.1, -0.05) is 48.5 Å². The topological polar surface area (TPSA) is 72.3 Å². The van der Waals surface area contributed by atoms with Crippen molar-refractivity contribution in [3.63, 3.8) is 0 Å². The van der Waals surface area contributed by atoms with E-state index >= 15 is 0 Å². The number of hydrogen-bond donors (Lipinski definition) is 1. The van der Waals surface area contributed by atoms with Crippen molar-refractivity contribution < 1.29 is 9.53 Å². The van der Waals surface area contributed by atoms with Gasteiger partial charge in [0.15, 0.2) is 11.0 Å². The van der Waals surface area contributed by atoms with Crippen molar-refractivity contribution in [2.24, 2.45) is 0 Å². The first kappa shape index (κ1) is 25.3. The van der Waals surface area contributed by atoms with Crippen molar-refractivity contribution >= 4 is 17.7 Å². The molecule has 1 fully saturated rings. The quantitative estimate of drug-likeness (QED) is 0.288. The van der Waals surface area contributed by atoms with Crippen molar-refractivity contribution in [2.45, 2.75) is 43.7 Å². The summed E-state index contributed by atoms with van der Waals surface area (Å²) in [6.07, 6.45) is 6.28. The summed E-state index contributed by atoms with van der Waals surface area (Å²) in [5, 5.41) is 12.9. The lowest BCUT2D eigenvalue weighted by atomic mass is 10.1.